The van der Waals surface area contributed by atoms with E-state index in [-0.39, 0.29) is 17.5 Å². The Balaban J connectivity index is 1.48. The van der Waals surface area contributed by atoms with Gasteiger partial charge in [-0.3, -0.25) is 0 Å². The van der Waals surface area contributed by atoms with Gasteiger partial charge in [0.05, 0.1) is 23.5 Å². The number of benzene rings is 3. The van der Waals surface area contributed by atoms with E-state index in [1.807, 2.05) is 24.3 Å². The van der Waals surface area contributed by atoms with Crippen molar-refractivity contribution < 1.29 is 14.6 Å². The molecule has 1 unspecified atom stereocenters. The molecule has 9 heteroatoms. The lowest BCUT2D eigenvalue weighted by Gasteiger charge is -2.37. The Morgan fingerprint density at radius 3 is 1.79 bits per heavy atom. The fourth-order valence-electron chi connectivity index (χ4n) is 5.21. The fourth-order valence-corrected chi connectivity index (χ4v) is 5.21. The Kier molecular flexibility index (Phi) is 8.47. The lowest BCUT2D eigenvalue weighted by Crippen LogP contribution is -2.23. The lowest BCUT2D eigenvalue weighted by atomic mass is 9.68. The normalized spacial score (nSPS) is 18.8. The predicted octanol–water partition coefficient (Wildman–Crippen LogP) is 4.33. The highest BCUT2D eigenvalue weighted by Gasteiger charge is 2.32. The van der Waals surface area contributed by atoms with Crippen LogP contribution in [0.1, 0.15) is 59.0 Å². The van der Waals surface area contributed by atoms with E-state index in [0.717, 1.165) is 37.1 Å². The molecule has 198 valence electrons. The molecule has 38 heavy (non-hydrogen) atoms. The van der Waals surface area contributed by atoms with Crippen LogP contribution in [-0.2, 0) is 0 Å². The summed E-state index contributed by atoms with van der Waals surface area (Å²) < 4.78 is 5.93. The summed E-state index contributed by atoms with van der Waals surface area (Å²) in [6.07, 6.45) is 4.06. The van der Waals surface area contributed by atoms with E-state index in [0.29, 0.717) is 30.1 Å². The molecular formula is C29H34N6O3. The van der Waals surface area contributed by atoms with Gasteiger partial charge < -0.3 is 32.8 Å². The second kappa shape index (κ2) is 12.1. The van der Waals surface area contributed by atoms with Crippen molar-refractivity contribution in [2.24, 2.45) is 38.8 Å². The average molecular weight is 515 g/mol. The van der Waals surface area contributed by atoms with Gasteiger partial charge in [-0.1, -0.05) is 24.3 Å². The van der Waals surface area contributed by atoms with Crippen LogP contribution in [0.4, 0.5) is 11.4 Å². The van der Waals surface area contributed by atoms with Crippen molar-refractivity contribution in [2.75, 3.05) is 6.61 Å². The van der Waals surface area contributed by atoms with Crippen LogP contribution in [0.3, 0.4) is 0 Å². The molecule has 1 aliphatic rings. The molecule has 0 heterocycles. The minimum absolute atomic E-state index is 0.0341. The first kappa shape index (κ1) is 26.5. The summed E-state index contributed by atoms with van der Waals surface area (Å²) in [5, 5.41) is 9.07. The highest BCUT2D eigenvalue weighted by molar-refractivity contribution is 5.87. The van der Waals surface area contributed by atoms with Crippen LogP contribution in [0.5, 0.6) is 5.75 Å². The summed E-state index contributed by atoms with van der Waals surface area (Å²) in [5.74, 6) is 0.952. The summed E-state index contributed by atoms with van der Waals surface area (Å²) >= 11 is 0. The first-order valence-electron chi connectivity index (χ1n) is 12.6. The molecule has 0 bridgehead atoms. The number of guanidine groups is 2. The van der Waals surface area contributed by atoms with Crippen LogP contribution in [0.2, 0.25) is 0 Å². The van der Waals surface area contributed by atoms with Crippen molar-refractivity contribution >= 4 is 29.3 Å². The summed E-state index contributed by atoms with van der Waals surface area (Å²) in [7, 11) is 0. The van der Waals surface area contributed by atoms with Gasteiger partial charge in [-0.2, -0.15) is 0 Å². The van der Waals surface area contributed by atoms with Gasteiger partial charge in [-0.25, -0.2) is 14.8 Å². The van der Waals surface area contributed by atoms with Gasteiger partial charge in [-0.05, 0) is 103 Å². The molecule has 3 atom stereocenters. The van der Waals surface area contributed by atoms with Gasteiger partial charge in [0.25, 0.3) is 0 Å². The molecule has 9 N–H and O–H groups in total. The van der Waals surface area contributed by atoms with E-state index < -0.39 is 5.97 Å². The molecule has 0 aromatic heterocycles. The Bertz CT molecular complexity index is 1280. The van der Waals surface area contributed by atoms with E-state index in [1.165, 1.54) is 11.1 Å². The summed E-state index contributed by atoms with van der Waals surface area (Å²) in [5.41, 5.74) is 26.3. The van der Waals surface area contributed by atoms with Crippen molar-refractivity contribution in [3.8, 4) is 5.75 Å². The first-order valence-corrected chi connectivity index (χ1v) is 12.6. The third-order valence-electron chi connectivity index (χ3n) is 7.01. The first-order chi connectivity index (χ1) is 18.3. The zero-order valence-electron chi connectivity index (χ0n) is 21.2. The molecular weight excluding hydrogens is 480 g/mol. The molecule has 9 nitrogen and oxygen atoms in total. The number of hydrogen-bond acceptors (Lipinski definition) is 4. The molecule has 0 radical (unpaired) electrons. The van der Waals surface area contributed by atoms with Crippen LogP contribution in [0, 0.1) is 5.92 Å². The van der Waals surface area contributed by atoms with Gasteiger partial charge in [0, 0.05) is 0 Å². The molecule has 0 aliphatic heterocycles. The van der Waals surface area contributed by atoms with Crippen molar-refractivity contribution in [3.63, 3.8) is 0 Å². The zero-order valence-corrected chi connectivity index (χ0v) is 21.2. The molecule has 3 aromatic carbocycles. The number of hydrogen-bond donors (Lipinski definition) is 5. The number of rotatable bonds is 9. The monoisotopic (exact) mass is 514 g/mol. The standard InChI is InChI=1S/C29H34N6O3/c30-28(31)34-22-8-2-19(3-9-22)25-14-1-18(15-16-38-24-12-6-21(7-13-24)27(36)37)17-26(25)20-4-10-23(11-5-20)35-29(32)33/h2-13,18,25-26H,1,14-17H2,(H,36,37)(H4,30,31,34)(H4,32,33,35)/t18?,25-,26-/m0/s1. The Morgan fingerprint density at radius 2 is 1.29 bits per heavy atom. The molecule has 3 aromatic rings. The van der Waals surface area contributed by atoms with Crippen molar-refractivity contribution in [1.82, 2.24) is 0 Å². The van der Waals surface area contributed by atoms with Gasteiger partial charge in [0.2, 0.25) is 0 Å². The third kappa shape index (κ3) is 7.03. The van der Waals surface area contributed by atoms with E-state index in [1.54, 1.807) is 24.3 Å². The van der Waals surface area contributed by atoms with Crippen molar-refractivity contribution in [2.45, 2.75) is 37.5 Å². The predicted molar refractivity (Wildman–Crippen MR) is 150 cm³/mol. The lowest BCUT2D eigenvalue weighted by molar-refractivity contribution is 0.0697. The zero-order chi connectivity index (χ0) is 27.1. The Hall–Kier alpha value is -4.53. The van der Waals surface area contributed by atoms with Crippen LogP contribution in [-0.4, -0.2) is 29.6 Å². The molecule has 1 saturated carbocycles. The molecule has 1 fully saturated rings. The Morgan fingerprint density at radius 1 is 0.763 bits per heavy atom. The minimum atomic E-state index is -0.948. The minimum Gasteiger partial charge on any atom is -0.494 e. The van der Waals surface area contributed by atoms with Gasteiger partial charge in [-0.15, -0.1) is 0 Å². The van der Waals surface area contributed by atoms with E-state index >= 15 is 0 Å². The maximum Gasteiger partial charge on any atom is 0.335 e. The number of nitrogens with zero attached hydrogens (tertiary/aromatic N) is 2. The highest BCUT2D eigenvalue weighted by atomic mass is 16.5. The number of carboxylic acid groups (broad SMARTS) is 1. The number of aliphatic imine (C=N–C) groups is 2. The number of ether oxygens (including phenoxy) is 1. The molecule has 0 amide bonds. The number of carbonyl (C=O) groups is 1. The van der Waals surface area contributed by atoms with Gasteiger partial charge in [0.1, 0.15) is 5.75 Å². The van der Waals surface area contributed by atoms with Gasteiger partial charge in [0.15, 0.2) is 11.9 Å². The highest BCUT2D eigenvalue weighted by Crippen LogP contribution is 2.47. The largest absolute Gasteiger partial charge is 0.494 e. The second-order valence-corrected chi connectivity index (χ2v) is 9.62. The SMILES string of the molecule is NC(N)=Nc1ccc([C@@H]2CCC(CCOc3ccc(C(=O)O)cc3)C[C@H]2c2ccc(N=C(N)N)cc2)cc1. The van der Waals surface area contributed by atoms with Crippen LogP contribution < -0.4 is 27.7 Å². The maximum atomic E-state index is 11.1. The summed E-state index contributed by atoms with van der Waals surface area (Å²) in [6.45, 7) is 0.575. The smallest absolute Gasteiger partial charge is 0.335 e. The van der Waals surface area contributed by atoms with Crippen LogP contribution in [0.25, 0.3) is 0 Å². The third-order valence-corrected chi connectivity index (χ3v) is 7.01. The Labute approximate surface area is 222 Å². The number of carboxylic acids is 1. The van der Waals surface area contributed by atoms with Crippen molar-refractivity contribution in [3.05, 3.63) is 89.5 Å². The number of aromatic carboxylic acids is 1. The molecule has 4 rings (SSSR count). The van der Waals surface area contributed by atoms with E-state index in [9.17, 15) is 4.79 Å². The average Bonchev–Trinajstić information content (AvgIpc) is 2.89. The fraction of sp³-hybridized carbons (Fsp3) is 0.276. The second-order valence-electron chi connectivity index (χ2n) is 9.62. The van der Waals surface area contributed by atoms with Crippen LogP contribution >= 0.6 is 0 Å². The maximum absolute atomic E-state index is 11.1. The van der Waals surface area contributed by atoms with Crippen molar-refractivity contribution in [1.29, 1.82) is 0 Å². The summed E-state index contributed by atoms with van der Waals surface area (Å²) in [6, 6.07) is 22.7. The summed E-state index contributed by atoms with van der Waals surface area (Å²) in [4.78, 5) is 19.3. The molecule has 0 spiro atoms. The number of nitrogens with two attached hydrogens (primary N) is 4. The quantitative estimate of drug-likeness (QED) is 0.208. The van der Waals surface area contributed by atoms with Gasteiger partial charge >= 0.3 is 5.97 Å². The van der Waals surface area contributed by atoms with E-state index in [4.69, 9.17) is 32.8 Å². The molecule has 1 aliphatic carbocycles. The molecule has 0 saturated heterocycles. The topological polar surface area (TPSA) is 175 Å². The van der Waals surface area contributed by atoms with E-state index in [2.05, 4.69) is 34.3 Å². The van der Waals surface area contributed by atoms with Crippen LogP contribution in [0.15, 0.2) is 82.8 Å².